The molecule has 0 aromatic rings. The van der Waals surface area contributed by atoms with E-state index in [0.29, 0.717) is 6.61 Å². The summed E-state index contributed by atoms with van der Waals surface area (Å²) in [5.41, 5.74) is 0. The van der Waals surface area contributed by atoms with Crippen LogP contribution in [0.3, 0.4) is 0 Å². The maximum absolute atomic E-state index is 10.2. The predicted octanol–water partition coefficient (Wildman–Crippen LogP) is 2.20. The van der Waals surface area contributed by atoms with Gasteiger partial charge in [-0.25, -0.2) is 4.79 Å². The van der Waals surface area contributed by atoms with Gasteiger partial charge in [-0.05, 0) is 13.3 Å². The normalized spacial score (nSPS) is 12.5. The van der Waals surface area contributed by atoms with Crippen LogP contribution in [0, 0.1) is 0 Å². The Morgan fingerprint density at radius 1 is 1.46 bits per heavy atom. The van der Waals surface area contributed by atoms with Crippen molar-refractivity contribution in [3.05, 3.63) is 0 Å². The summed E-state index contributed by atoms with van der Waals surface area (Å²) in [5, 5.41) is 10.6. The third kappa shape index (κ3) is 9.14. The summed E-state index contributed by atoms with van der Waals surface area (Å²) in [6, 6.07) is 0. The summed E-state index contributed by atoms with van der Waals surface area (Å²) in [6.07, 6.45) is 3.11. The molecule has 4 heteroatoms. The Labute approximate surface area is 79.3 Å². The second-order valence-electron chi connectivity index (χ2n) is 3.02. The van der Waals surface area contributed by atoms with Crippen LogP contribution in [0.4, 0.5) is 4.79 Å². The molecule has 0 aromatic heterocycles. The monoisotopic (exact) mass is 189 g/mol. The van der Waals surface area contributed by atoms with Gasteiger partial charge in [0.1, 0.15) is 6.23 Å². The molecule has 0 fully saturated rings. The SMILES string of the molecule is CCCCCCOC(C)NC(=O)O. The van der Waals surface area contributed by atoms with Crippen LogP contribution in [0.2, 0.25) is 0 Å². The number of ether oxygens (including phenoxy) is 1. The molecule has 1 unspecified atom stereocenters. The smallest absolute Gasteiger partial charge is 0.406 e. The molecule has 0 heterocycles. The molecule has 0 aliphatic carbocycles. The summed E-state index contributed by atoms with van der Waals surface area (Å²) >= 11 is 0. The van der Waals surface area contributed by atoms with Crippen LogP contribution >= 0.6 is 0 Å². The van der Waals surface area contributed by atoms with Crippen molar-refractivity contribution in [2.45, 2.75) is 45.8 Å². The molecule has 1 amide bonds. The number of hydrogen-bond donors (Lipinski definition) is 2. The van der Waals surface area contributed by atoms with E-state index in [0.717, 1.165) is 12.8 Å². The minimum Gasteiger partial charge on any atom is -0.465 e. The van der Waals surface area contributed by atoms with Gasteiger partial charge < -0.3 is 9.84 Å². The van der Waals surface area contributed by atoms with Gasteiger partial charge in [0.05, 0.1) is 0 Å². The number of nitrogens with one attached hydrogen (secondary N) is 1. The van der Waals surface area contributed by atoms with Crippen molar-refractivity contribution in [3.63, 3.8) is 0 Å². The largest absolute Gasteiger partial charge is 0.465 e. The predicted molar refractivity (Wildman–Crippen MR) is 50.7 cm³/mol. The van der Waals surface area contributed by atoms with Crippen LogP contribution in [0.15, 0.2) is 0 Å². The lowest BCUT2D eigenvalue weighted by atomic mass is 10.2. The minimum absolute atomic E-state index is 0.404. The van der Waals surface area contributed by atoms with Crippen molar-refractivity contribution in [2.24, 2.45) is 0 Å². The third-order valence-electron chi connectivity index (χ3n) is 1.69. The molecule has 0 radical (unpaired) electrons. The number of rotatable bonds is 7. The maximum Gasteiger partial charge on any atom is 0.406 e. The highest BCUT2D eigenvalue weighted by Crippen LogP contribution is 1.99. The molecule has 0 rings (SSSR count). The molecule has 0 aliphatic heterocycles. The van der Waals surface area contributed by atoms with E-state index in [1.165, 1.54) is 12.8 Å². The fourth-order valence-electron chi connectivity index (χ4n) is 1.00. The van der Waals surface area contributed by atoms with Crippen LogP contribution in [0.1, 0.15) is 39.5 Å². The number of amides is 1. The Morgan fingerprint density at radius 3 is 2.69 bits per heavy atom. The molecule has 0 spiro atoms. The number of unbranched alkanes of at least 4 members (excludes halogenated alkanes) is 3. The van der Waals surface area contributed by atoms with Gasteiger partial charge in [-0.15, -0.1) is 0 Å². The lowest BCUT2D eigenvalue weighted by Gasteiger charge is -2.12. The van der Waals surface area contributed by atoms with Crippen molar-refractivity contribution in [3.8, 4) is 0 Å². The van der Waals surface area contributed by atoms with Gasteiger partial charge in [-0.2, -0.15) is 0 Å². The molecule has 78 valence electrons. The summed E-state index contributed by atoms with van der Waals surface area (Å²) in [4.78, 5) is 10.2. The fraction of sp³-hybridized carbons (Fsp3) is 0.889. The van der Waals surface area contributed by atoms with E-state index < -0.39 is 12.3 Å². The Bertz CT molecular complexity index is 139. The lowest BCUT2D eigenvalue weighted by molar-refractivity contribution is 0.0413. The molecule has 0 saturated carbocycles. The second-order valence-corrected chi connectivity index (χ2v) is 3.02. The van der Waals surface area contributed by atoms with Crippen LogP contribution < -0.4 is 5.32 Å². The van der Waals surface area contributed by atoms with E-state index in [9.17, 15) is 4.79 Å². The summed E-state index contributed by atoms with van der Waals surface area (Å²) in [6.45, 7) is 4.46. The van der Waals surface area contributed by atoms with Gasteiger partial charge in [0, 0.05) is 6.61 Å². The molecular weight excluding hydrogens is 170 g/mol. The zero-order valence-electron chi connectivity index (χ0n) is 8.38. The Morgan fingerprint density at radius 2 is 2.15 bits per heavy atom. The quantitative estimate of drug-likeness (QED) is 0.476. The van der Waals surface area contributed by atoms with Crippen LogP contribution in [0.25, 0.3) is 0 Å². The van der Waals surface area contributed by atoms with Gasteiger partial charge in [0.15, 0.2) is 0 Å². The van der Waals surface area contributed by atoms with E-state index >= 15 is 0 Å². The van der Waals surface area contributed by atoms with E-state index in [2.05, 4.69) is 12.2 Å². The first kappa shape index (κ1) is 12.2. The number of carbonyl (C=O) groups is 1. The van der Waals surface area contributed by atoms with Gasteiger partial charge in [-0.3, -0.25) is 5.32 Å². The average molecular weight is 189 g/mol. The van der Waals surface area contributed by atoms with E-state index in [1.54, 1.807) is 6.92 Å². The molecule has 0 bridgehead atoms. The van der Waals surface area contributed by atoms with Crippen molar-refractivity contribution in [1.29, 1.82) is 0 Å². The molecule has 1 atom stereocenters. The fourth-order valence-corrected chi connectivity index (χ4v) is 1.00. The molecule has 4 nitrogen and oxygen atoms in total. The van der Waals surface area contributed by atoms with E-state index in [1.807, 2.05) is 0 Å². The van der Waals surface area contributed by atoms with E-state index in [-0.39, 0.29) is 0 Å². The van der Waals surface area contributed by atoms with Crippen molar-refractivity contribution < 1.29 is 14.6 Å². The number of hydrogen-bond acceptors (Lipinski definition) is 2. The lowest BCUT2D eigenvalue weighted by Crippen LogP contribution is -2.33. The summed E-state index contributed by atoms with van der Waals surface area (Å²) < 4.78 is 5.21. The molecular formula is C9H19NO3. The highest BCUT2D eigenvalue weighted by molar-refractivity contribution is 5.64. The summed E-state index contributed by atoms with van der Waals surface area (Å²) in [7, 11) is 0. The second kappa shape index (κ2) is 7.86. The topological polar surface area (TPSA) is 58.6 Å². The average Bonchev–Trinajstić information content (AvgIpc) is 2.02. The standard InChI is InChI=1S/C9H19NO3/c1-3-4-5-6-7-13-8(2)10-9(11)12/h8,10H,3-7H2,1-2H3,(H,11,12). The number of carboxylic acid groups (broad SMARTS) is 1. The molecule has 0 aromatic carbocycles. The van der Waals surface area contributed by atoms with Crippen LogP contribution in [0.5, 0.6) is 0 Å². The van der Waals surface area contributed by atoms with Crippen LogP contribution in [-0.4, -0.2) is 24.0 Å². The first-order valence-corrected chi connectivity index (χ1v) is 4.78. The highest BCUT2D eigenvalue weighted by atomic mass is 16.5. The van der Waals surface area contributed by atoms with Crippen molar-refractivity contribution >= 4 is 6.09 Å². The van der Waals surface area contributed by atoms with E-state index in [4.69, 9.17) is 9.84 Å². The molecule has 13 heavy (non-hydrogen) atoms. The molecule has 2 N–H and O–H groups in total. The van der Waals surface area contributed by atoms with Crippen molar-refractivity contribution in [1.82, 2.24) is 5.32 Å². The Balaban J connectivity index is 3.17. The summed E-state index contributed by atoms with van der Waals surface area (Å²) in [5.74, 6) is 0. The zero-order valence-corrected chi connectivity index (χ0v) is 8.38. The first-order valence-electron chi connectivity index (χ1n) is 4.78. The van der Waals surface area contributed by atoms with Gasteiger partial charge in [0.25, 0.3) is 0 Å². The maximum atomic E-state index is 10.2. The molecule has 0 aliphatic rings. The van der Waals surface area contributed by atoms with Gasteiger partial charge in [0.2, 0.25) is 0 Å². The van der Waals surface area contributed by atoms with Gasteiger partial charge >= 0.3 is 6.09 Å². The Hall–Kier alpha value is -0.770. The Kier molecular flexibility index (Phi) is 7.39. The zero-order chi connectivity index (χ0) is 10.1. The first-order chi connectivity index (χ1) is 6.16. The minimum atomic E-state index is -1.04. The van der Waals surface area contributed by atoms with Crippen LogP contribution in [-0.2, 0) is 4.74 Å². The highest BCUT2D eigenvalue weighted by Gasteiger charge is 2.03. The molecule has 0 saturated heterocycles. The third-order valence-corrected chi connectivity index (χ3v) is 1.69. The van der Waals surface area contributed by atoms with Crippen molar-refractivity contribution in [2.75, 3.05) is 6.61 Å². The van der Waals surface area contributed by atoms with Gasteiger partial charge in [-0.1, -0.05) is 26.2 Å².